The molecule has 5 aliphatic carbocycles. The molecule has 0 amide bonds. The minimum absolute atomic E-state index is 0.755. The SMILES string of the molecule is C[Si](C)(C)C1=C[C@@H]2C=C[C@H]3[C@@H]4C[C@@H]2C1C34[Si](C)(C)C. The van der Waals surface area contributed by atoms with Crippen molar-refractivity contribution in [2.45, 2.75) is 50.7 Å². The fraction of sp³-hybridized carbons (Fsp3) is 0.765. The second kappa shape index (κ2) is 3.22. The molecule has 104 valence electrons. The van der Waals surface area contributed by atoms with E-state index < -0.39 is 16.1 Å². The van der Waals surface area contributed by atoms with Crippen LogP contribution in [-0.4, -0.2) is 16.1 Å². The zero-order valence-electron chi connectivity index (χ0n) is 13.3. The molecule has 0 aliphatic heterocycles. The first kappa shape index (κ1) is 12.6. The third-order valence-corrected chi connectivity index (χ3v) is 12.7. The lowest BCUT2D eigenvalue weighted by molar-refractivity contribution is 0.371. The summed E-state index contributed by atoms with van der Waals surface area (Å²) in [6.45, 7) is 15.7. The topological polar surface area (TPSA) is 0 Å². The Kier molecular flexibility index (Phi) is 2.14. The first-order valence-corrected chi connectivity index (χ1v) is 15.1. The summed E-state index contributed by atoms with van der Waals surface area (Å²) in [5, 5.41) is 2.71. The molecule has 0 radical (unpaired) electrons. The molecule has 0 saturated heterocycles. The molecule has 0 aromatic carbocycles. The lowest BCUT2D eigenvalue weighted by atomic mass is 9.88. The Morgan fingerprint density at radius 1 is 1.05 bits per heavy atom. The van der Waals surface area contributed by atoms with Gasteiger partial charge in [0, 0.05) is 0 Å². The van der Waals surface area contributed by atoms with E-state index in [-0.39, 0.29) is 0 Å². The third-order valence-electron chi connectivity index (χ3n) is 6.87. The van der Waals surface area contributed by atoms with Gasteiger partial charge in [-0.3, -0.25) is 0 Å². The molecule has 19 heavy (non-hydrogen) atoms. The molecule has 0 N–H and O–H groups in total. The quantitative estimate of drug-likeness (QED) is 0.498. The van der Waals surface area contributed by atoms with Gasteiger partial charge in [0.05, 0.1) is 16.1 Å². The summed E-state index contributed by atoms with van der Waals surface area (Å²) >= 11 is 0. The molecule has 0 spiro atoms. The summed E-state index contributed by atoms with van der Waals surface area (Å²) in [6.07, 6.45) is 9.52. The van der Waals surface area contributed by atoms with Crippen molar-refractivity contribution in [1.82, 2.24) is 0 Å². The minimum Gasteiger partial charge on any atom is -0.0842 e. The number of hydrogen-bond donors (Lipinski definition) is 0. The Hall–Kier alpha value is -0.0862. The highest BCUT2D eigenvalue weighted by Gasteiger charge is 2.79. The van der Waals surface area contributed by atoms with Gasteiger partial charge in [0.25, 0.3) is 0 Å². The van der Waals surface area contributed by atoms with Gasteiger partial charge < -0.3 is 0 Å². The Labute approximate surface area is 120 Å². The smallest absolute Gasteiger partial charge is 0.0724 e. The highest BCUT2D eigenvalue weighted by molar-refractivity contribution is 6.84. The molecule has 0 aromatic heterocycles. The van der Waals surface area contributed by atoms with Crippen molar-refractivity contribution in [3.63, 3.8) is 0 Å². The van der Waals surface area contributed by atoms with Gasteiger partial charge in [0.15, 0.2) is 0 Å². The first-order valence-electron chi connectivity index (χ1n) is 8.09. The van der Waals surface area contributed by atoms with Crippen LogP contribution in [0, 0.1) is 29.6 Å². The van der Waals surface area contributed by atoms with Gasteiger partial charge in [-0.15, -0.1) is 0 Å². The van der Waals surface area contributed by atoms with Gasteiger partial charge in [-0.2, -0.15) is 0 Å². The lowest BCUT2D eigenvalue weighted by Crippen LogP contribution is -2.41. The molecule has 2 saturated carbocycles. The van der Waals surface area contributed by atoms with Crippen LogP contribution < -0.4 is 0 Å². The van der Waals surface area contributed by atoms with Crippen molar-refractivity contribution in [3.05, 3.63) is 23.4 Å². The molecule has 0 nitrogen and oxygen atoms in total. The highest BCUT2D eigenvalue weighted by atomic mass is 28.3. The van der Waals surface area contributed by atoms with E-state index in [0.29, 0.717) is 0 Å². The van der Waals surface area contributed by atoms with Crippen molar-refractivity contribution >= 4 is 16.1 Å². The molecule has 0 aromatic rings. The molecule has 5 aliphatic rings. The van der Waals surface area contributed by atoms with Crippen LogP contribution in [0.5, 0.6) is 0 Å². The summed E-state index contributed by atoms with van der Waals surface area (Å²) in [6, 6.07) is 0. The molecular weight excluding hydrogens is 260 g/mol. The highest BCUT2D eigenvalue weighted by Crippen LogP contribution is 2.86. The van der Waals surface area contributed by atoms with Crippen LogP contribution in [0.25, 0.3) is 0 Å². The molecule has 6 atom stereocenters. The van der Waals surface area contributed by atoms with E-state index >= 15 is 0 Å². The second-order valence-corrected chi connectivity index (χ2v) is 20.0. The van der Waals surface area contributed by atoms with Crippen LogP contribution in [-0.2, 0) is 0 Å². The van der Waals surface area contributed by atoms with E-state index in [2.05, 4.69) is 57.5 Å². The maximum absolute atomic E-state index is 2.73. The van der Waals surface area contributed by atoms with Crippen LogP contribution >= 0.6 is 0 Å². The molecule has 2 fully saturated rings. The normalized spacial score (nSPS) is 50.2. The largest absolute Gasteiger partial charge is 0.0842 e. The van der Waals surface area contributed by atoms with Gasteiger partial charge in [0.1, 0.15) is 0 Å². The minimum atomic E-state index is -1.14. The predicted molar refractivity (Wildman–Crippen MR) is 88.7 cm³/mol. The van der Waals surface area contributed by atoms with Gasteiger partial charge >= 0.3 is 0 Å². The average Bonchev–Trinajstić information content (AvgIpc) is 2.58. The van der Waals surface area contributed by atoms with Gasteiger partial charge in [0.2, 0.25) is 0 Å². The maximum Gasteiger partial charge on any atom is 0.0724 e. The monoisotopic (exact) mass is 288 g/mol. The van der Waals surface area contributed by atoms with E-state index in [1.807, 2.05) is 5.20 Å². The summed E-state index contributed by atoms with van der Waals surface area (Å²) in [7, 11) is -2.25. The van der Waals surface area contributed by atoms with E-state index in [4.69, 9.17) is 0 Å². The Balaban J connectivity index is 1.90. The number of hydrogen-bond acceptors (Lipinski definition) is 0. The fourth-order valence-corrected chi connectivity index (χ4v) is 12.5. The molecule has 5 rings (SSSR count). The van der Waals surface area contributed by atoms with E-state index in [0.717, 1.165) is 34.6 Å². The van der Waals surface area contributed by atoms with Gasteiger partial charge in [-0.1, -0.05) is 62.7 Å². The van der Waals surface area contributed by atoms with Crippen molar-refractivity contribution in [1.29, 1.82) is 0 Å². The second-order valence-electron chi connectivity index (χ2n) is 9.53. The third kappa shape index (κ3) is 1.26. The lowest BCUT2D eigenvalue weighted by Gasteiger charge is -2.40. The van der Waals surface area contributed by atoms with Crippen molar-refractivity contribution in [2.24, 2.45) is 29.6 Å². The summed E-state index contributed by atoms with van der Waals surface area (Å²) in [5.74, 6) is 4.81. The number of rotatable bonds is 2. The standard InChI is InChI=1S/C17H28Si2/c1-18(2,3)15-9-11-7-8-13-14-10-12(11)16(15)17(13,14)19(4,5)6/h7-9,11-14,16H,10H2,1-6H3/t11-,12-,13-,14-,16?,17?/m0/s1. The average molecular weight is 289 g/mol. The molecule has 0 heterocycles. The zero-order chi connectivity index (χ0) is 13.8. The maximum atomic E-state index is 2.73. The van der Waals surface area contributed by atoms with E-state index in [1.54, 1.807) is 6.42 Å². The van der Waals surface area contributed by atoms with Crippen LogP contribution in [0.15, 0.2) is 23.4 Å². The van der Waals surface area contributed by atoms with Crippen molar-refractivity contribution < 1.29 is 0 Å². The molecule has 6 bridgehead atoms. The number of allylic oxidation sites excluding steroid dienone is 4. The van der Waals surface area contributed by atoms with Crippen molar-refractivity contribution in [2.75, 3.05) is 0 Å². The van der Waals surface area contributed by atoms with Crippen LogP contribution in [0.1, 0.15) is 6.42 Å². The molecular formula is C17H28Si2. The first-order chi connectivity index (χ1) is 8.69. The van der Waals surface area contributed by atoms with Gasteiger partial charge in [-0.25, -0.2) is 0 Å². The molecule has 2 unspecified atom stereocenters. The predicted octanol–water partition coefficient (Wildman–Crippen LogP) is 4.95. The van der Waals surface area contributed by atoms with E-state index in [1.165, 1.54) is 0 Å². The Bertz CT molecular complexity index is 502. The van der Waals surface area contributed by atoms with Crippen LogP contribution in [0.2, 0.25) is 44.3 Å². The summed E-state index contributed by atoms with van der Waals surface area (Å²) < 4.78 is 0. The summed E-state index contributed by atoms with van der Waals surface area (Å²) in [5.41, 5.74) is 0. The van der Waals surface area contributed by atoms with E-state index in [9.17, 15) is 0 Å². The Morgan fingerprint density at radius 3 is 2.32 bits per heavy atom. The fourth-order valence-electron chi connectivity index (χ4n) is 6.36. The van der Waals surface area contributed by atoms with Crippen LogP contribution in [0.3, 0.4) is 0 Å². The van der Waals surface area contributed by atoms with Crippen LogP contribution in [0.4, 0.5) is 0 Å². The zero-order valence-corrected chi connectivity index (χ0v) is 15.3. The molecule has 2 heteroatoms. The van der Waals surface area contributed by atoms with Crippen molar-refractivity contribution in [3.8, 4) is 0 Å². The Morgan fingerprint density at radius 2 is 1.74 bits per heavy atom. The summed E-state index contributed by atoms with van der Waals surface area (Å²) in [4.78, 5) is 0. The van der Waals surface area contributed by atoms with Gasteiger partial charge in [-0.05, 0) is 41.0 Å².